The van der Waals surface area contributed by atoms with Crippen molar-refractivity contribution >= 4 is 27.3 Å². The second kappa shape index (κ2) is 5.50. The van der Waals surface area contributed by atoms with Crippen LogP contribution in [0.1, 0.15) is 0 Å². The van der Waals surface area contributed by atoms with E-state index in [1.165, 1.54) is 13.2 Å². The maximum atomic E-state index is 10.6. The molecule has 0 unspecified atom stereocenters. The van der Waals surface area contributed by atoms with Gasteiger partial charge in [-0.3, -0.25) is 10.1 Å². The molecule has 0 aliphatic rings. The molecule has 0 amide bonds. The number of nitrogens with zero attached hydrogens (tertiary/aromatic N) is 1. The van der Waals surface area contributed by atoms with Crippen molar-refractivity contribution in [3.63, 3.8) is 0 Å². The molecule has 0 aliphatic carbocycles. The van der Waals surface area contributed by atoms with Crippen LogP contribution in [0, 0.1) is 10.1 Å². The molecule has 1 aromatic rings. The molecule has 86 valence electrons. The van der Waals surface area contributed by atoms with E-state index in [0.29, 0.717) is 6.54 Å². The van der Waals surface area contributed by atoms with E-state index < -0.39 is 4.92 Å². The summed E-state index contributed by atoms with van der Waals surface area (Å²) in [6.45, 7) is 4.22. The predicted octanol–water partition coefficient (Wildman–Crippen LogP) is 2.92. The third-order valence-electron chi connectivity index (χ3n) is 1.86. The number of nitrogens with one attached hydrogen (secondary N) is 1. The zero-order valence-corrected chi connectivity index (χ0v) is 10.3. The minimum Gasteiger partial charge on any atom is -0.490 e. The Balaban J connectivity index is 2.90. The van der Waals surface area contributed by atoms with Crippen LogP contribution in [0.25, 0.3) is 0 Å². The average Bonchev–Trinajstić information content (AvgIpc) is 2.25. The summed E-state index contributed by atoms with van der Waals surface area (Å²) in [4.78, 5) is 10.2. The Labute approximate surface area is 101 Å². The molecule has 0 radical (unpaired) electrons. The van der Waals surface area contributed by atoms with Crippen LogP contribution in [0.3, 0.4) is 0 Å². The van der Waals surface area contributed by atoms with Crippen molar-refractivity contribution in [2.24, 2.45) is 0 Å². The average molecular weight is 287 g/mol. The molecule has 5 nitrogen and oxygen atoms in total. The van der Waals surface area contributed by atoms with Gasteiger partial charge in [0.25, 0.3) is 0 Å². The first-order chi connectivity index (χ1) is 7.54. The number of nitro benzene ring substituents is 1. The molecule has 0 spiro atoms. The maximum absolute atomic E-state index is 10.6. The standard InChI is InChI=1S/C10H11BrN2O3/c1-7(11)6-12-8-3-4-9(13(14)15)10(5-8)16-2/h3-5,12H,1,6H2,2H3. The van der Waals surface area contributed by atoms with Crippen molar-refractivity contribution in [1.29, 1.82) is 0 Å². The molecule has 1 aromatic carbocycles. The highest BCUT2D eigenvalue weighted by molar-refractivity contribution is 9.11. The first-order valence-electron chi connectivity index (χ1n) is 4.44. The Kier molecular flexibility index (Phi) is 4.30. The first kappa shape index (κ1) is 12.5. The van der Waals surface area contributed by atoms with Gasteiger partial charge >= 0.3 is 5.69 Å². The van der Waals surface area contributed by atoms with Crippen LogP contribution < -0.4 is 10.1 Å². The van der Waals surface area contributed by atoms with Crippen molar-refractivity contribution < 1.29 is 9.66 Å². The molecule has 0 aliphatic heterocycles. The van der Waals surface area contributed by atoms with E-state index in [1.807, 2.05) is 0 Å². The van der Waals surface area contributed by atoms with Crippen molar-refractivity contribution in [3.05, 3.63) is 39.4 Å². The van der Waals surface area contributed by atoms with Crippen LogP contribution in [-0.2, 0) is 0 Å². The highest BCUT2D eigenvalue weighted by atomic mass is 79.9. The molecule has 0 saturated carbocycles. The van der Waals surface area contributed by atoms with Crippen LogP contribution in [0.4, 0.5) is 11.4 Å². The van der Waals surface area contributed by atoms with Gasteiger partial charge in [0, 0.05) is 28.8 Å². The van der Waals surface area contributed by atoms with Crippen LogP contribution in [0.15, 0.2) is 29.3 Å². The van der Waals surface area contributed by atoms with Crippen LogP contribution >= 0.6 is 15.9 Å². The molecule has 1 rings (SSSR count). The van der Waals surface area contributed by atoms with Gasteiger partial charge in [-0.1, -0.05) is 22.5 Å². The summed E-state index contributed by atoms with van der Waals surface area (Å²) in [5, 5.41) is 13.7. The van der Waals surface area contributed by atoms with Gasteiger partial charge in [0.15, 0.2) is 5.75 Å². The fraction of sp³-hybridized carbons (Fsp3) is 0.200. The monoisotopic (exact) mass is 286 g/mol. The molecule has 16 heavy (non-hydrogen) atoms. The highest BCUT2D eigenvalue weighted by Crippen LogP contribution is 2.29. The summed E-state index contributed by atoms with van der Waals surface area (Å²) >= 11 is 3.21. The molecule has 0 heterocycles. The first-order valence-corrected chi connectivity index (χ1v) is 5.23. The normalized spacial score (nSPS) is 9.62. The summed E-state index contributed by atoms with van der Waals surface area (Å²) in [5.74, 6) is 0.232. The van der Waals surface area contributed by atoms with E-state index in [-0.39, 0.29) is 11.4 Å². The minimum atomic E-state index is -0.480. The Hall–Kier alpha value is -1.56. The summed E-state index contributed by atoms with van der Waals surface area (Å²) < 4.78 is 5.73. The predicted molar refractivity (Wildman–Crippen MR) is 66.2 cm³/mol. The second-order valence-corrected chi connectivity index (χ2v) is 4.14. The van der Waals surface area contributed by atoms with E-state index >= 15 is 0 Å². The van der Waals surface area contributed by atoms with Crippen molar-refractivity contribution in [2.75, 3.05) is 19.0 Å². The van der Waals surface area contributed by atoms with Gasteiger partial charge < -0.3 is 10.1 Å². The number of ether oxygens (including phenoxy) is 1. The maximum Gasteiger partial charge on any atom is 0.311 e. The number of hydrogen-bond donors (Lipinski definition) is 1. The summed E-state index contributed by atoms with van der Waals surface area (Å²) in [6, 6.07) is 4.60. The summed E-state index contributed by atoms with van der Waals surface area (Å²) in [5.41, 5.74) is 0.689. The fourth-order valence-corrected chi connectivity index (χ4v) is 1.28. The van der Waals surface area contributed by atoms with Gasteiger partial charge in [-0.05, 0) is 6.07 Å². The molecule has 0 atom stereocenters. The van der Waals surface area contributed by atoms with Crippen molar-refractivity contribution in [1.82, 2.24) is 0 Å². The Bertz CT molecular complexity index is 421. The fourth-order valence-electron chi connectivity index (χ4n) is 1.14. The Morgan fingerprint density at radius 3 is 2.88 bits per heavy atom. The van der Waals surface area contributed by atoms with Gasteiger partial charge in [0.05, 0.1) is 12.0 Å². The van der Waals surface area contributed by atoms with E-state index in [9.17, 15) is 10.1 Å². The number of methoxy groups -OCH3 is 1. The third-order valence-corrected chi connectivity index (χ3v) is 2.14. The zero-order valence-electron chi connectivity index (χ0n) is 8.70. The lowest BCUT2D eigenvalue weighted by molar-refractivity contribution is -0.385. The van der Waals surface area contributed by atoms with Crippen LogP contribution in [0.2, 0.25) is 0 Å². The topological polar surface area (TPSA) is 64.4 Å². The Morgan fingerprint density at radius 1 is 1.69 bits per heavy atom. The Morgan fingerprint density at radius 2 is 2.38 bits per heavy atom. The smallest absolute Gasteiger partial charge is 0.311 e. The number of benzene rings is 1. The number of halogens is 1. The summed E-state index contributed by atoms with van der Waals surface area (Å²) in [6.07, 6.45) is 0. The quantitative estimate of drug-likeness (QED) is 0.668. The van der Waals surface area contributed by atoms with Gasteiger partial charge in [0.1, 0.15) is 0 Å². The van der Waals surface area contributed by atoms with Gasteiger partial charge in [0.2, 0.25) is 0 Å². The zero-order chi connectivity index (χ0) is 12.1. The molecule has 0 aromatic heterocycles. The van der Waals surface area contributed by atoms with Crippen molar-refractivity contribution in [2.45, 2.75) is 0 Å². The van der Waals surface area contributed by atoms with Crippen molar-refractivity contribution in [3.8, 4) is 5.75 Å². The second-order valence-electron chi connectivity index (χ2n) is 3.01. The molecule has 6 heteroatoms. The molecule has 0 fully saturated rings. The van der Waals surface area contributed by atoms with Gasteiger partial charge in [-0.25, -0.2) is 0 Å². The number of rotatable bonds is 5. The number of anilines is 1. The molecule has 1 N–H and O–H groups in total. The van der Waals surface area contributed by atoms with Gasteiger partial charge in [-0.2, -0.15) is 0 Å². The lowest BCUT2D eigenvalue weighted by Crippen LogP contribution is -2.01. The SMILES string of the molecule is C=C(Br)CNc1ccc([N+](=O)[O-])c(OC)c1. The summed E-state index contributed by atoms with van der Waals surface area (Å²) in [7, 11) is 1.40. The lowest BCUT2D eigenvalue weighted by Gasteiger charge is -2.07. The molecular weight excluding hydrogens is 276 g/mol. The molecule has 0 saturated heterocycles. The van der Waals surface area contributed by atoms with Crippen LogP contribution in [0.5, 0.6) is 5.75 Å². The van der Waals surface area contributed by atoms with E-state index in [4.69, 9.17) is 4.74 Å². The number of nitro groups is 1. The highest BCUT2D eigenvalue weighted by Gasteiger charge is 2.14. The van der Waals surface area contributed by atoms with Gasteiger partial charge in [-0.15, -0.1) is 0 Å². The largest absolute Gasteiger partial charge is 0.490 e. The minimum absolute atomic E-state index is 0.0503. The van der Waals surface area contributed by atoms with Crippen LogP contribution in [-0.4, -0.2) is 18.6 Å². The lowest BCUT2D eigenvalue weighted by atomic mass is 10.2. The number of hydrogen-bond acceptors (Lipinski definition) is 4. The third kappa shape index (κ3) is 3.23. The van der Waals surface area contributed by atoms with E-state index in [0.717, 1.165) is 10.2 Å². The molecular formula is C10H11BrN2O3. The van der Waals surface area contributed by atoms with E-state index in [2.05, 4.69) is 27.8 Å². The van der Waals surface area contributed by atoms with E-state index in [1.54, 1.807) is 12.1 Å². The molecule has 0 bridgehead atoms.